The molecule has 0 spiro atoms. The summed E-state index contributed by atoms with van der Waals surface area (Å²) in [6, 6.07) is 29.9. The molecule has 0 radical (unpaired) electrons. The highest BCUT2D eigenvalue weighted by Gasteiger charge is 2.33. The lowest BCUT2D eigenvalue weighted by Crippen LogP contribution is -2.37. The molecule has 3 atom stereocenters. The number of hydrogen-bond acceptors (Lipinski definition) is 4. The Labute approximate surface area is 218 Å². The molecule has 0 aromatic heterocycles. The van der Waals surface area contributed by atoms with Crippen LogP contribution >= 0.6 is 0 Å². The maximum absolute atomic E-state index is 12.7. The van der Waals surface area contributed by atoms with E-state index >= 15 is 0 Å². The van der Waals surface area contributed by atoms with Gasteiger partial charge in [-0.05, 0) is 71.7 Å². The van der Waals surface area contributed by atoms with Gasteiger partial charge in [0.15, 0.2) is 0 Å². The molecule has 2 aliphatic rings. The van der Waals surface area contributed by atoms with Crippen molar-refractivity contribution in [3.8, 4) is 5.75 Å². The summed E-state index contributed by atoms with van der Waals surface area (Å²) in [6.07, 6.45) is 3.15. The standard InChI is InChI=1S/C33H33NO3/c1-21(26-12-7-9-22-8-3-4-10-27(22)26)34-20-25-19-30(29-11-5-6-13-32(29)37-25)24-16-17-28(23-14-15-23)31(18-24)33(35)36-2/h3-13,16-18,21,23,25,30,34H,14-15,19-20H2,1-2H3. The lowest BCUT2D eigenvalue weighted by atomic mass is 9.82. The van der Waals surface area contributed by atoms with Crippen LogP contribution in [0.2, 0.25) is 0 Å². The van der Waals surface area contributed by atoms with E-state index in [9.17, 15) is 4.79 Å². The fourth-order valence-electron chi connectivity index (χ4n) is 5.81. The molecular weight excluding hydrogens is 458 g/mol. The molecule has 0 bridgehead atoms. The van der Waals surface area contributed by atoms with E-state index in [1.807, 2.05) is 6.07 Å². The monoisotopic (exact) mass is 491 g/mol. The molecule has 4 aromatic rings. The Hall–Kier alpha value is -3.63. The summed E-state index contributed by atoms with van der Waals surface area (Å²) in [5, 5.41) is 6.27. The molecule has 0 saturated heterocycles. The first kappa shape index (κ1) is 23.7. The maximum Gasteiger partial charge on any atom is 0.338 e. The van der Waals surface area contributed by atoms with Crippen LogP contribution in [0.15, 0.2) is 84.9 Å². The van der Waals surface area contributed by atoms with Crippen LogP contribution in [-0.4, -0.2) is 25.7 Å². The number of para-hydroxylation sites is 1. The number of carbonyl (C=O) groups is 1. The Morgan fingerprint density at radius 1 is 0.973 bits per heavy atom. The number of hydrogen-bond donors (Lipinski definition) is 1. The van der Waals surface area contributed by atoms with Crippen molar-refractivity contribution in [2.24, 2.45) is 0 Å². The first-order chi connectivity index (χ1) is 18.1. The fraction of sp³-hybridized carbons (Fsp3) is 0.303. The molecular formula is C33H33NO3. The molecule has 1 aliphatic carbocycles. The molecule has 6 rings (SSSR count). The molecule has 1 heterocycles. The van der Waals surface area contributed by atoms with Crippen LogP contribution in [0.5, 0.6) is 5.75 Å². The number of carbonyl (C=O) groups excluding carboxylic acids is 1. The Bertz CT molecular complexity index is 1440. The van der Waals surface area contributed by atoms with Crippen molar-refractivity contribution in [1.82, 2.24) is 5.32 Å². The van der Waals surface area contributed by atoms with Crippen molar-refractivity contribution in [1.29, 1.82) is 0 Å². The topological polar surface area (TPSA) is 47.6 Å². The van der Waals surface area contributed by atoms with Gasteiger partial charge in [-0.25, -0.2) is 4.79 Å². The molecule has 188 valence electrons. The third kappa shape index (κ3) is 4.74. The zero-order chi connectivity index (χ0) is 25.4. The smallest absolute Gasteiger partial charge is 0.338 e. The van der Waals surface area contributed by atoms with Crippen LogP contribution in [-0.2, 0) is 4.74 Å². The van der Waals surface area contributed by atoms with Gasteiger partial charge in [-0.2, -0.15) is 0 Å². The molecule has 0 amide bonds. The van der Waals surface area contributed by atoms with E-state index in [2.05, 4.69) is 91.1 Å². The van der Waals surface area contributed by atoms with Crippen LogP contribution in [0.25, 0.3) is 10.8 Å². The summed E-state index contributed by atoms with van der Waals surface area (Å²) in [7, 11) is 1.47. The minimum atomic E-state index is -0.244. The molecule has 4 heteroatoms. The van der Waals surface area contributed by atoms with E-state index in [0.717, 1.165) is 42.7 Å². The number of fused-ring (bicyclic) bond motifs is 2. The van der Waals surface area contributed by atoms with Gasteiger partial charge in [-0.15, -0.1) is 0 Å². The number of nitrogens with one attached hydrogen (secondary N) is 1. The zero-order valence-corrected chi connectivity index (χ0v) is 21.4. The first-order valence-corrected chi connectivity index (χ1v) is 13.3. The van der Waals surface area contributed by atoms with Gasteiger partial charge < -0.3 is 14.8 Å². The number of rotatable bonds is 7. The van der Waals surface area contributed by atoms with Gasteiger partial charge >= 0.3 is 5.97 Å². The van der Waals surface area contributed by atoms with E-state index < -0.39 is 0 Å². The van der Waals surface area contributed by atoms with Gasteiger partial charge in [0.2, 0.25) is 0 Å². The van der Waals surface area contributed by atoms with E-state index in [4.69, 9.17) is 9.47 Å². The maximum atomic E-state index is 12.7. The second-order valence-corrected chi connectivity index (χ2v) is 10.4. The number of benzene rings is 4. The van der Waals surface area contributed by atoms with Gasteiger partial charge in [0.1, 0.15) is 11.9 Å². The minimum Gasteiger partial charge on any atom is -0.489 e. The van der Waals surface area contributed by atoms with Gasteiger partial charge in [0, 0.05) is 24.1 Å². The fourth-order valence-corrected chi connectivity index (χ4v) is 5.81. The Morgan fingerprint density at radius 2 is 1.76 bits per heavy atom. The van der Waals surface area contributed by atoms with Gasteiger partial charge in [0.25, 0.3) is 0 Å². The Balaban J connectivity index is 1.26. The van der Waals surface area contributed by atoms with Crippen molar-refractivity contribution in [3.05, 3.63) is 113 Å². The van der Waals surface area contributed by atoms with Gasteiger partial charge in [0.05, 0.1) is 12.7 Å². The van der Waals surface area contributed by atoms with E-state index in [0.29, 0.717) is 11.5 Å². The van der Waals surface area contributed by atoms with Gasteiger partial charge in [-0.1, -0.05) is 72.8 Å². The van der Waals surface area contributed by atoms with Crippen LogP contribution in [0.4, 0.5) is 0 Å². The minimum absolute atomic E-state index is 0.0158. The molecule has 1 fully saturated rings. The molecule has 3 unspecified atom stereocenters. The third-order valence-corrected chi connectivity index (χ3v) is 7.93. The highest BCUT2D eigenvalue weighted by Crippen LogP contribution is 2.45. The molecule has 37 heavy (non-hydrogen) atoms. The summed E-state index contributed by atoms with van der Waals surface area (Å²) in [6.45, 7) is 2.95. The average Bonchev–Trinajstić information content (AvgIpc) is 3.80. The number of ether oxygens (including phenoxy) is 2. The summed E-state index contributed by atoms with van der Waals surface area (Å²) in [5.74, 6) is 1.32. The zero-order valence-electron chi connectivity index (χ0n) is 21.4. The van der Waals surface area contributed by atoms with E-state index in [1.54, 1.807) is 0 Å². The molecule has 1 N–H and O–H groups in total. The van der Waals surface area contributed by atoms with E-state index in [-0.39, 0.29) is 24.0 Å². The van der Waals surface area contributed by atoms with Crippen LogP contribution in [0, 0.1) is 0 Å². The molecule has 4 aromatic carbocycles. The number of esters is 1. The normalized spacial score (nSPS) is 19.6. The third-order valence-electron chi connectivity index (χ3n) is 7.93. The van der Waals surface area contributed by atoms with Crippen molar-refractivity contribution in [2.45, 2.75) is 50.2 Å². The molecule has 4 nitrogen and oxygen atoms in total. The van der Waals surface area contributed by atoms with Crippen molar-refractivity contribution in [2.75, 3.05) is 13.7 Å². The van der Waals surface area contributed by atoms with Crippen LogP contribution in [0.1, 0.15) is 76.7 Å². The van der Waals surface area contributed by atoms with Crippen molar-refractivity contribution >= 4 is 16.7 Å². The highest BCUT2D eigenvalue weighted by atomic mass is 16.5. The number of methoxy groups -OCH3 is 1. The molecule has 1 aliphatic heterocycles. The van der Waals surface area contributed by atoms with Crippen LogP contribution in [0.3, 0.4) is 0 Å². The molecule has 1 saturated carbocycles. The Kier molecular flexibility index (Phi) is 6.43. The second-order valence-electron chi connectivity index (χ2n) is 10.4. The van der Waals surface area contributed by atoms with Crippen LogP contribution < -0.4 is 10.1 Å². The SMILES string of the molecule is COC(=O)c1cc(C2CC(CNC(C)c3cccc4ccccc34)Oc3ccccc32)ccc1C1CC1. The first-order valence-electron chi connectivity index (χ1n) is 13.3. The summed E-state index contributed by atoms with van der Waals surface area (Å²) < 4.78 is 11.6. The highest BCUT2D eigenvalue weighted by molar-refractivity contribution is 5.91. The largest absolute Gasteiger partial charge is 0.489 e. The van der Waals surface area contributed by atoms with Crippen molar-refractivity contribution in [3.63, 3.8) is 0 Å². The summed E-state index contributed by atoms with van der Waals surface area (Å²) in [4.78, 5) is 12.7. The predicted octanol–water partition coefficient (Wildman–Crippen LogP) is 7.14. The average molecular weight is 492 g/mol. The predicted molar refractivity (Wildman–Crippen MR) is 147 cm³/mol. The summed E-state index contributed by atoms with van der Waals surface area (Å²) >= 11 is 0. The van der Waals surface area contributed by atoms with E-state index in [1.165, 1.54) is 29.0 Å². The van der Waals surface area contributed by atoms with Crippen molar-refractivity contribution < 1.29 is 14.3 Å². The lowest BCUT2D eigenvalue weighted by molar-refractivity contribution is 0.0599. The second kappa shape index (κ2) is 10.0. The Morgan fingerprint density at radius 3 is 2.59 bits per heavy atom. The van der Waals surface area contributed by atoms with Gasteiger partial charge in [-0.3, -0.25) is 0 Å². The lowest BCUT2D eigenvalue weighted by Gasteiger charge is -2.33. The summed E-state index contributed by atoms with van der Waals surface area (Å²) in [5.41, 5.74) is 5.46. The quantitative estimate of drug-likeness (QED) is 0.279.